The molecule has 1 aliphatic heterocycles. The quantitative estimate of drug-likeness (QED) is 0.892. The zero-order valence-corrected chi connectivity index (χ0v) is 11.7. The number of nitrogens with one attached hydrogen (secondary N) is 1. The van der Waals surface area contributed by atoms with Gasteiger partial charge in [-0.05, 0) is 23.9 Å². The van der Waals surface area contributed by atoms with Crippen LogP contribution in [0, 0.1) is 0 Å². The molecule has 1 saturated heterocycles. The average Bonchev–Trinajstić information content (AvgIpc) is 2.77. The number of rotatable bonds is 5. The number of halogens is 1. The summed E-state index contributed by atoms with van der Waals surface area (Å²) in [6, 6.07) is 2.42. The second kappa shape index (κ2) is 6.71. The molecule has 0 spiro atoms. The van der Waals surface area contributed by atoms with E-state index < -0.39 is 0 Å². The lowest BCUT2D eigenvalue weighted by atomic mass is 10.2. The standard InChI is InChI=1S/C12H19ClN2OS/c1-10(11-8-12(13)17-9-11)14-2-3-15-4-6-16-7-5-15/h8-10,14H,2-7H2,1H3. The maximum absolute atomic E-state index is 5.93. The molecule has 1 aromatic rings. The highest BCUT2D eigenvalue weighted by Gasteiger charge is 2.11. The van der Waals surface area contributed by atoms with Crippen LogP contribution in [0.25, 0.3) is 0 Å². The summed E-state index contributed by atoms with van der Waals surface area (Å²) in [6.07, 6.45) is 0. The minimum atomic E-state index is 0.375. The van der Waals surface area contributed by atoms with E-state index in [1.807, 2.05) is 6.07 Å². The van der Waals surface area contributed by atoms with Crippen LogP contribution in [0.5, 0.6) is 0 Å². The summed E-state index contributed by atoms with van der Waals surface area (Å²) < 4.78 is 6.19. The van der Waals surface area contributed by atoms with Crippen LogP contribution in [-0.2, 0) is 4.74 Å². The smallest absolute Gasteiger partial charge is 0.0931 e. The van der Waals surface area contributed by atoms with Crippen molar-refractivity contribution < 1.29 is 4.74 Å². The first-order valence-corrected chi connectivity index (χ1v) is 7.29. The molecule has 96 valence electrons. The molecule has 5 heteroatoms. The predicted molar refractivity (Wildman–Crippen MR) is 73.0 cm³/mol. The Hall–Kier alpha value is -0.130. The highest BCUT2D eigenvalue weighted by molar-refractivity contribution is 7.14. The van der Waals surface area contributed by atoms with Crippen molar-refractivity contribution in [3.63, 3.8) is 0 Å². The van der Waals surface area contributed by atoms with Crippen LogP contribution in [0.15, 0.2) is 11.4 Å². The van der Waals surface area contributed by atoms with Gasteiger partial charge in [0, 0.05) is 32.2 Å². The van der Waals surface area contributed by atoms with Gasteiger partial charge in [0.25, 0.3) is 0 Å². The Bertz CT molecular complexity index is 339. The minimum absolute atomic E-state index is 0.375. The van der Waals surface area contributed by atoms with Gasteiger partial charge in [0.2, 0.25) is 0 Å². The van der Waals surface area contributed by atoms with Crippen LogP contribution in [0.3, 0.4) is 0 Å². The molecule has 17 heavy (non-hydrogen) atoms. The maximum atomic E-state index is 5.93. The molecule has 1 unspecified atom stereocenters. The number of morpholine rings is 1. The van der Waals surface area contributed by atoms with E-state index in [1.165, 1.54) is 5.56 Å². The average molecular weight is 275 g/mol. The van der Waals surface area contributed by atoms with Crippen molar-refractivity contribution >= 4 is 22.9 Å². The molecule has 0 aromatic carbocycles. The number of hydrogen-bond acceptors (Lipinski definition) is 4. The second-order valence-corrected chi connectivity index (χ2v) is 5.86. The fourth-order valence-corrected chi connectivity index (χ4v) is 2.92. The number of thiophene rings is 1. The summed E-state index contributed by atoms with van der Waals surface area (Å²) in [4.78, 5) is 2.43. The van der Waals surface area contributed by atoms with Crippen molar-refractivity contribution in [3.8, 4) is 0 Å². The summed E-state index contributed by atoms with van der Waals surface area (Å²) in [6.45, 7) is 8.13. The van der Waals surface area contributed by atoms with E-state index in [1.54, 1.807) is 11.3 Å². The number of hydrogen-bond donors (Lipinski definition) is 1. The zero-order chi connectivity index (χ0) is 12.1. The van der Waals surface area contributed by atoms with E-state index >= 15 is 0 Å². The third-order valence-corrected chi connectivity index (χ3v) is 4.18. The molecule has 0 bridgehead atoms. The molecule has 1 aliphatic rings. The molecule has 2 rings (SSSR count). The largest absolute Gasteiger partial charge is 0.379 e. The van der Waals surface area contributed by atoms with Crippen molar-refractivity contribution in [2.45, 2.75) is 13.0 Å². The molecule has 0 saturated carbocycles. The molecule has 1 N–H and O–H groups in total. The first kappa shape index (κ1) is 13.3. The molecule has 1 fully saturated rings. The third kappa shape index (κ3) is 4.23. The Morgan fingerprint density at radius 2 is 2.29 bits per heavy atom. The molecular formula is C12H19ClN2OS. The Morgan fingerprint density at radius 1 is 1.53 bits per heavy atom. The van der Waals surface area contributed by atoms with Gasteiger partial charge in [0.1, 0.15) is 0 Å². The molecule has 0 aliphatic carbocycles. The van der Waals surface area contributed by atoms with Gasteiger partial charge in [-0.2, -0.15) is 0 Å². The molecule has 1 atom stereocenters. The fraction of sp³-hybridized carbons (Fsp3) is 0.667. The first-order valence-electron chi connectivity index (χ1n) is 6.03. The summed E-state index contributed by atoms with van der Waals surface area (Å²) in [7, 11) is 0. The van der Waals surface area contributed by atoms with Crippen molar-refractivity contribution in [3.05, 3.63) is 21.3 Å². The van der Waals surface area contributed by atoms with Crippen molar-refractivity contribution in [1.29, 1.82) is 0 Å². The monoisotopic (exact) mass is 274 g/mol. The van der Waals surface area contributed by atoms with Gasteiger partial charge in [-0.3, -0.25) is 4.90 Å². The SMILES string of the molecule is CC(NCCN1CCOCC1)c1csc(Cl)c1. The lowest BCUT2D eigenvalue weighted by Crippen LogP contribution is -2.40. The first-order chi connectivity index (χ1) is 8.25. The Morgan fingerprint density at radius 3 is 2.94 bits per heavy atom. The molecule has 2 heterocycles. The Balaban J connectivity index is 1.67. The van der Waals surface area contributed by atoms with Crippen molar-refractivity contribution in [2.75, 3.05) is 39.4 Å². The predicted octanol–water partition coefficient (Wildman–Crippen LogP) is 2.38. The van der Waals surface area contributed by atoms with Gasteiger partial charge in [0.15, 0.2) is 0 Å². The zero-order valence-electron chi connectivity index (χ0n) is 10.1. The summed E-state index contributed by atoms with van der Waals surface area (Å²) in [5.74, 6) is 0. The Labute approximate surface area is 112 Å². The van der Waals surface area contributed by atoms with Gasteiger partial charge in [-0.1, -0.05) is 11.6 Å². The van der Waals surface area contributed by atoms with E-state index in [0.29, 0.717) is 6.04 Å². The highest BCUT2D eigenvalue weighted by Crippen LogP contribution is 2.24. The van der Waals surface area contributed by atoms with Crippen molar-refractivity contribution in [2.24, 2.45) is 0 Å². The molecule has 1 aromatic heterocycles. The maximum Gasteiger partial charge on any atom is 0.0931 e. The lowest BCUT2D eigenvalue weighted by molar-refractivity contribution is 0.0382. The van der Waals surface area contributed by atoms with Crippen molar-refractivity contribution in [1.82, 2.24) is 10.2 Å². The van der Waals surface area contributed by atoms with Gasteiger partial charge in [0.05, 0.1) is 17.6 Å². The van der Waals surface area contributed by atoms with Gasteiger partial charge >= 0.3 is 0 Å². The van der Waals surface area contributed by atoms with Crippen LogP contribution in [0.1, 0.15) is 18.5 Å². The Kier molecular flexibility index (Phi) is 5.25. The van der Waals surface area contributed by atoms with Gasteiger partial charge in [-0.25, -0.2) is 0 Å². The van der Waals surface area contributed by atoms with E-state index in [-0.39, 0.29) is 0 Å². The van der Waals surface area contributed by atoms with Crippen LogP contribution in [-0.4, -0.2) is 44.3 Å². The van der Waals surface area contributed by atoms with E-state index in [0.717, 1.165) is 43.7 Å². The van der Waals surface area contributed by atoms with Crippen LogP contribution in [0.4, 0.5) is 0 Å². The van der Waals surface area contributed by atoms with Crippen LogP contribution in [0.2, 0.25) is 4.34 Å². The highest BCUT2D eigenvalue weighted by atomic mass is 35.5. The molecule has 0 radical (unpaired) electrons. The van der Waals surface area contributed by atoms with E-state index in [4.69, 9.17) is 16.3 Å². The van der Waals surface area contributed by atoms with Gasteiger partial charge in [-0.15, -0.1) is 11.3 Å². The van der Waals surface area contributed by atoms with Gasteiger partial charge < -0.3 is 10.1 Å². The molecule has 0 amide bonds. The van der Waals surface area contributed by atoms with E-state index in [9.17, 15) is 0 Å². The summed E-state index contributed by atoms with van der Waals surface area (Å²) >= 11 is 7.52. The summed E-state index contributed by atoms with van der Waals surface area (Å²) in [5.41, 5.74) is 1.28. The fourth-order valence-electron chi connectivity index (χ4n) is 1.93. The number of nitrogens with zero attached hydrogens (tertiary/aromatic N) is 1. The topological polar surface area (TPSA) is 24.5 Å². The lowest BCUT2D eigenvalue weighted by Gasteiger charge is -2.27. The third-order valence-electron chi connectivity index (χ3n) is 3.07. The number of ether oxygens (including phenoxy) is 1. The molecule has 3 nitrogen and oxygen atoms in total. The normalized spacial score (nSPS) is 19.4. The van der Waals surface area contributed by atoms with Crippen LogP contribution >= 0.6 is 22.9 Å². The second-order valence-electron chi connectivity index (χ2n) is 4.31. The minimum Gasteiger partial charge on any atom is -0.379 e. The molecular weight excluding hydrogens is 256 g/mol. The summed E-state index contributed by atoms with van der Waals surface area (Å²) in [5, 5.41) is 5.64. The van der Waals surface area contributed by atoms with Crippen LogP contribution < -0.4 is 5.32 Å². The van der Waals surface area contributed by atoms with E-state index in [2.05, 4.69) is 22.5 Å².